The normalized spacial score (nSPS) is 16.6. The van der Waals surface area contributed by atoms with Gasteiger partial charge in [0.25, 0.3) is 0 Å². The molecule has 0 amide bonds. The van der Waals surface area contributed by atoms with E-state index in [2.05, 4.69) is 63.7 Å². The van der Waals surface area contributed by atoms with Gasteiger partial charge in [0, 0.05) is 19.6 Å². The lowest BCUT2D eigenvalue weighted by Gasteiger charge is -2.33. The van der Waals surface area contributed by atoms with Crippen molar-refractivity contribution in [2.24, 2.45) is 5.92 Å². The van der Waals surface area contributed by atoms with E-state index in [4.69, 9.17) is 0 Å². The summed E-state index contributed by atoms with van der Waals surface area (Å²) in [6.45, 7) is 14.2. The van der Waals surface area contributed by atoms with Gasteiger partial charge in [-0.3, -0.25) is 4.72 Å². The lowest BCUT2D eigenvalue weighted by molar-refractivity contribution is 0.169. The van der Waals surface area contributed by atoms with Crippen molar-refractivity contribution in [2.45, 2.75) is 83.1 Å². The van der Waals surface area contributed by atoms with Gasteiger partial charge in [0.2, 0.25) is 20.0 Å². The van der Waals surface area contributed by atoms with E-state index in [1.807, 2.05) is 0 Å². The molecule has 2 aromatic carbocycles. The Bertz CT molecular complexity index is 1380. The zero-order chi connectivity index (χ0) is 30.7. The van der Waals surface area contributed by atoms with Crippen molar-refractivity contribution in [1.29, 1.82) is 0 Å². The van der Waals surface area contributed by atoms with Crippen LogP contribution < -0.4 is 10.0 Å². The van der Waals surface area contributed by atoms with Gasteiger partial charge < -0.3 is 15.5 Å². The van der Waals surface area contributed by atoms with Crippen LogP contribution in [0.25, 0.3) is 0 Å². The van der Waals surface area contributed by atoms with Crippen molar-refractivity contribution in [2.75, 3.05) is 37.2 Å². The number of sulfonamides is 2. The van der Waals surface area contributed by atoms with Crippen LogP contribution in [-0.2, 0) is 20.0 Å². The third-order valence-electron chi connectivity index (χ3n) is 7.72. The molecule has 1 fully saturated rings. The minimum absolute atomic E-state index is 0.0118. The minimum Gasteiger partial charge on any atom is -0.506 e. The lowest BCUT2D eigenvalue weighted by atomic mass is 9.89. The maximum atomic E-state index is 14.0. The molecule has 41 heavy (non-hydrogen) atoms. The average molecular weight is 610 g/mol. The molecule has 1 saturated heterocycles. The van der Waals surface area contributed by atoms with Gasteiger partial charge >= 0.3 is 0 Å². The SMILES string of the molecule is CC(C)c1cc(C(C)C)c(S(=O)(=O)N2CCC(CNC[C@H](O)c3ccc(O)c(NS(C)(=O)=O)c3)CC2)c(C(C)C)c1. The summed E-state index contributed by atoms with van der Waals surface area (Å²) in [4.78, 5) is 0.477. The Morgan fingerprint density at radius 1 is 0.878 bits per heavy atom. The first-order valence-electron chi connectivity index (χ1n) is 14.4. The van der Waals surface area contributed by atoms with Gasteiger partial charge in [0.05, 0.1) is 22.9 Å². The van der Waals surface area contributed by atoms with Crippen molar-refractivity contribution in [3.63, 3.8) is 0 Å². The lowest BCUT2D eigenvalue weighted by Crippen LogP contribution is -2.41. The number of rotatable bonds is 12. The van der Waals surface area contributed by atoms with Crippen LogP contribution in [-0.4, -0.2) is 63.8 Å². The number of aromatic hydroxyl groups is 1. The summed E-state index contributed by atoms with van der Waals surface area (Å²) >= 11 is 0. The molecular formula is C30H47N3O6S2. The smallest absolute Gasteiger partial charge is 0.243 e. The Balaban J connectivity index is 1.65. The van der Waals surface area contributed by atoms with E-state index in [1.54, 1.807) is 10.4 Å². The standard InChI is InChI=1S/C30H47N3O6S2/c1-19(2)24-14-25(20(3)4)30(26(15-24)21(5)6)41(38,39)33-12-10-22(11-13-33)17-31-18-29(35)23-8-9-28(34)27(16-23)32-40(7,36)37/h8-9,14-16,19-22,29,31-32,34-35H,10-13,17-18H2,1-7H3/t29-/m0/s1. The molecule has 1 heterocycles. The highest BCUT2D eigenvalue weighted by Gasteiger charge is 2.34. The molecule has 0 radical (unpaired) electrons. The molecule has 1 aliphatic rings. The summed E-state index contributed by atoms with van der Waals surface area (Å²) in [5.41, 5.74) is 3.42. The van der Waals surface area contributed by atoms with Gasteiger partial charge in [-0.1, -0.05) is 59.7 Å². The molecule has 0 bridgehead atoms. The molecule has 0 saturated carbocycles. The number of phenolic OH excluding ortho intramolecular Hbond substituents is 1. The fraction of sp³-hybridized carbons (Fsp3) is 0.600. The van der Waals surface area contributed by atoms with Crippen molar-refractivity contribution in [1.82, 2.24) is 9.62 Å². The predicted molar refractivity (Wildman–Crippen MR) is 165 cm³/mol. The minimum atomic E-state index is -3.67. The van der Waals surface area contributed by atoms with Gasteiger partial charge in [0.1, 0.15) is 5.75 Å². The largest absolute Gasteiger partial charge is 0.506 e. The van der Waals surface area contributed by atoms with Crippen LogP contribution in [0, 0.1) is 5.92 Å². The Kier molecular flexibility index (Phi) is 10.9. The molecule has 0 aromatic heterocycles. The predicted octanol–water partition coefficient (Wildman–Crippen LogP) is 4.86. The first-order valence-corrected chi connectivity index (χ1v) is 17.7. The van der Waals surface area contributed by atoms with E-state index < -0.39 is 26.2 Å². The van der Waals surface area contributed by atoms with E-state index >= 15 is 0 Å². The van der Waals surface area contributed by atoms with E-state index in [9.17, 15) is 27.0 Å². The summed E-state index contributed by atoms with van der Waals surface area (Å²) in [5, 5.41) is 23.8. The van der Waals surface area contributed by atoms with Crippen LogP contribution in [0.2, 0.25) is 0 Å². The number of phenols is 1. The van der Waals surface area contributed by atoms with Crippen LogP contribution in [0.3, 0.4) is 0 Å². The topological polar surface area (TPSA) is 136 Å². The summed E-state index contributed by atoms with van der Waals surface area (Å²) in [5.74, 6) is 0.502. The fourth-order valence-corrected chi connectivity index (χ4v) is 7.95. The Labute approximate surface area is 246 Å². The molecule has 1 atom stereocenters. The number of hydrogen-bond acceptors (Lipinski definition) is 7. The van der Waals surface area contributed by atoms with E-state index in [0.717, 1.165) is 17.4 Å². The highest BCUT2D eigenvalue weighted by atomic mass is 32.2. The number of aliphatic hydroxyl groups is 1. The molecule has 9 nitrogen and oxygen atoms in total. The number of nitrogens with zero attached hydrogens (tertiary/aromatic N) is 1. The third-order valence-corrected chi connectivity index (χ3v) is 10.3. The quantitative estimate of drug-likeness (QED) is 0.252. The monoisotopic (exact) mass is 609 g/mol. The highest BCUT2D eigenvalue weighted by molar-refractivity contribution is 7.92. The van der Waals surface area contributed by atoms with Gasteiger partial charge in [0.15, 0.2) is 0 Å². The Morgan fingerprint density at radius 3 is 1.93 bits per heavy atom. The maximum absolute atomic E-state index is 14.0. The van der Waals surface area contributed by atoms with Gasteiger partial charge in [-0.2, -0.15) is 4.31 Å². The van der Waals surface area contributed by atoms with Crippen molar-refractivity contribution in [3.8, 4) is 5.75 Å². The molecule has 0 spiro atoms. The van der Waals surface area contributed by atoms with Gasteiger partial charge in [-0.05, 0) is 77.4 Å². The average Bonchev–Trinajstić information content (AvgIpc) is 2.88. The van der Waals surface area contributed by atoms with Crippen LogP contribution in [0.15, 0.2) is 35.2 Å². The van der Waals surface area contributed by atoms with Crippen LogP contribution in [0.1, 0.15) is 100 Å². The molecule has 11 heteroatoms. The molecule has 3 rings (SSSR count). The molecule has 0 aliphatic carbocycles. The summed E-state index contributed by atoms with van der Waals surface area (Å²) in [6, 6.07) is 8.45. The first kappa shape index (κ1) is 33.3. The Hall–Kier alpha value is -2.18. The van der Waals surface area contributed by atoms with Crippen molar-refractivity contribution < 1.29 is 27.0 Å². The number of aliphatic hydroxyl groups excluding tert-OH is 1. The number of benzene rings is 2. The number of anilines is 1. The molecular weight excluding hydrogens is 562 g/mol. The van der Waals surface area contributed by atoms with Crippen LogP contribution in [0.5, 0.6) is 5.75 Å². The third kappa shape index (κ3) is 8.44. The van der Waals surface area contributed by atoms with Gasteiger partial charge in [-0.25, -0.2) is 16.8 Å². The highest BCUT2D eigenvalue weighted by Crippen LogP contribution is 2.37. The van der Waals surface area contributed by atoms with Crippen molar-refractivity contribution in [3.05, 3.63) is 52.6 Å². The fourth-order valence-electron chi connectivity index (χ4n) is 5.25. The second-order valence-electron chi connectivity index (χ2n) is 12.2. The first-order chi connectivity index (χ1) is 19.0. The van der Waals surface area contributed by atoms with E-state index in [0.29, 0.717) is 48.9 Å². The van der Waals surface area contributed by atoms with Gasteiger partial charge in [-0.15, -0.1) is 0 Å². The molecule has 230 valence electrons. The summed E-state index contributed by atoms with van der Waals surface area (Å²) < 4.78 is 55.0. The molecule has 2 aromatic rings. The zero-order valence-electron chi connectivity index (χ0n) is 25.3. The van der Waals surface area contributed by atoms with E-state index in [-0.39, 0.29) is 35.7 Å². The molecule has 1 aliphatic heterocycles. The molecule has 0 unspecified atom stereocenters. The zero-order valence-corrected chi connectivity index (χ0v) is 26.9. The van der Waals surface area contributed by atoms with Crippen LogP contribution in [0.4, 0.5) is 5.69 Å². The molecule has 4 N–H and O–H groups in total. The summed E-state index contributed by atoms with van der Waals surface area (Å²) in [6.07, 6.45) is 1.50. The number of hydrogen-bond donors (Lipinski definition) is 4. The Morgan fingerprint density at radius 2 is 1.44 bits per heavy atom. The maximum Gasteiger partial charge on any atom is 0.243 e. The van der Waals surface area contributed by atoms with Crippen LogP contribution >= 0.6 is 0 Å². The number of piperidine rings is 1. The second-order valence-corrected chi connectivity index (χ2v) is 15.8. The summed E-state index contributed by atoms with van der Waals surface area (Å²) in [7, 11) is -7.25. The number of nitrogens with one attached hydrogen (secondary N) is 2. The second kappa shape index (κ2) is 13.4. The van der Waals surface area contributed by atoms with Crippen molar-refractivity contribution >= 4 is 25.7 Å². The van der Waals surface area contributed by atoms with E-state index in [1.165, 1.54) is 17.7 Å².